The minimum Gasteiger partial charge on any atom is -0.395 e. The molecule has 0 bridgehead atoms. The second-order valence-electron chi connectivity index (χ2n) is 5.42. The second-order valence-corrected chi connectivity index (χ2v) is 6.31. The third-order valence-corrected chi connectivity index (χ3v) is 5.15. The molecule has 2 aliphatic heterocycles. The molecule has 1 aromatic carbocycles. The number of benzene rings is 1. The summed E-state index contributed by atoms with van der Waals surface area (Å²) >= 11 is 1.61. The molecule has 2 aliphatic rings. The molecular formula is C14H16N4OS. The maximum atomic E-state index is 11.7. The Hall–Kier alpha value is -1.82. The Bertz CT molecular complexity index is 683. The molecule has 0 saturated carbocycles. The Labute approximate surface area is 121 Å². The summed E-state index contributed by atoms with van der Waals surface area (Å²) in [7, 11) is 0. The first-order valence-electron chi connectivity index (χ1n) is 6.90. The fourth-order valence-electron chi connectivity index (χ4n) is 3.30. The predicted molar refractivity (Wildman–Crippen MR) is 81.0 cm³/mol. The quantitative estimate of drug-likeness (QED) is 0.811. The Morgan fingerprint density at radius 1 is 1.35 bits per heavy atom. The summed E-state index contributed by atoms with van der Waals surface area (Å²) in [5.74, 6) is 0.303. The van der Waals surface area contributed by atoms with E-state index in [0.29, 0.717) is 18.4 Å². The van der Waals surface area contributed by atoms with Crippen LogP contribution in [-0.4, -0.2) is 41.5 Å². The first-order chi connectivity index (χ1) is 9.74. The van der Waals surface area contributed by atoms with Crippen LogP contribution in [0.25, 0.3) is 10.2 Å². The van der Waals surface area contributed by atoms with Gasteiger partial charge in [-0.3, -0.25) is 4.79 Å². The van der Waals surface area contributed by atoms with Gasteiger partial charge in [0.05, 0.1) is 21.6 Å². The van der Waals surface area contributed by atoms with Gasteiger partial charge in [-0.15, -0.1) is 11.3 Å². The minimum atomic E-state index is 0.303. The van der Waals surface area contributed by atoms with Gasteiger partial charge < -0.3 is 15.5 Å². The zero-order valence-corrected chi connectivity index (χ0v) is 11.9. The monoisotopic (exact) mass is 288 g/mol. The molecule has 20 heavy (non-hydrogen) atoms. The lowest BCUT2D eigenvalue weighted by molar-refractivity contribution is -0.129. The molecule has 104 valence electrons. The standard InChI is InChI=1S/C14H16N4OS/c15-13-10(2-3-11-14(13)16-8-20-11)17-5-6-18-9(7-17)1-4-12(18)19/h2-3,8-9H,1,4-7,15H2. The Morgan fingerprint density at radius 2 is 2.25 bits per heavy atom. The van der Waals surface area contributed by atoms with E-state index in [-0.39, 0.29) is 0 Å². The van der Waals surface area contributed by atoms with Crippen LogP contribution in [0, 0.1) is 0 Å². The number of thiazole rings is 1. The minimum absolute atomic E-state index is 0.303. The molecular weight excluding hydrogens is 272 g/mol. The number of aromatic nitrogens is 1. The third kappa shape index (κ3) is 1.67. The van der Waals surface area contributed by atoms with E-state index in [1.165, 1.54) is 0 Å². The van der Waals surface area contributed by atoms with Gasteiger partial charge in [-0.25, -0.2) is 4.98 Å². The van der Waals surface area contributed by atoms with Crippen molar-refractivity contribution in [3.8, 4) is 0 Å². The fraction of sp³-hybridized carbons (Fsp3) is 0.429. The van der Waals surface area contributed by atoms with Gasteiger partial charge in [0.1, 0.15) is 5.52 Å². The number of nitrogen functional groups attached to an aromatic ring is 1. The highest BCUT2D eigenvalue weighted by Crippen LogP contribution is 2.34. The number of carbonyl (C=O) groups excluding carboxylic acids is 1. The van der Waals surface area contributed by atoms with Crippen molar-refractivity contribution in [3.63, 3.8) is 0 Å². The van der Waals surface area contributed by atoms with Crippen LogP contribution in [0.4, 0.5) is 11.4 Å². The number of fused-ring (bicyclic) bond motifs is 2. The number of nitrogens with zero attached hydrogens (tertiary/aromatic N) is 3. The molecule has 1 aromatic heterocycles. The predicted octanol–water partition coefficient (Wildman–Crippen LogP) is 1.69. The zero-order valence-electron chi connectivity index (χ0n) is 11.1. The molecule has 1 atom stereocenters. The molecule has 0 spiro atoms. The Kier molecular flexibility index (Phi) is 2.60. The Balaban J connectivity index is 1.66. The van der Waals surface area contributed by atoms with Gasteiger partial charge in [0.2, 0.25) is 5.91 Å². The van der Waals surface area contributed by atoms with Gasteiger partial charge in [0.15, 0.2) is 0 Å². The smallest absolute Gasteiger partial charge is 0.223 e. The van der Waals surface area contributed by atoms with Crippen LogP contribution in [0.1, 0.15) is 12.8 Å². The maximum Gasteiger partial charge on any atom is 0.223 e. The summed E-state index contributed by atoms with van der Waals surface area (Å²) < 4.78 is 1.13. The van der Waals surface area contributed by atoms with Gasteiger partial charge in [0.25, 0.3) is 0 Å². The van der Waals surface area contributed by atoms with E-state index >= 15 is 0 Å². The average Bonchev–Trinajstić information content (AvgIpc) is 3.07. The lowest BCUT2D eigenvalue weighted by Gasteiger charge is -2.39. The van der Waals surface area contributed by atoms with E-state index < -0.39 is 0 Å². The maximum absolute atomic E-state index is 11.7. The third-order valence-electron chi connectivity index (χ3n) is 4.35. The summed E-state index contributed by atoms with van der Waals surface area (Å²) in [6, 6.07) is 4.52. The first-order valence-corrected chi connectivity index (χ1v) is 7.78. The summed E-state index contributed by atoms with van der Waals surface area (Å²) in [6.07, 6.45) is 1.66. The topological polar surface area (TPSA) is 62.5 Å². The number of amides is 1. The lowest BCUT2D eigenvalue weighted by Crippen LogP contribution is -2.51. The average molecular weight is 288 g/mol. The van der Waals surface area contributed by atoms with E-state index in [1.807, 2.05) is 10.4 Å². The molecule has 1 amide bonds. The molecule has 6 heteroatoms. The van der Waals surface area contributed by atoms with E-state index in [9.17, 15) is 4.79 Å². The fourth-order valence-corrected chi connectivity index (χ4v) is 3.99. The van der Waals surface area contributed by atoms with E-state index in [4.69, 9.17) is 5.73 Å². The van der Waals surface area contributed by atoms with Gasteiger partial charge in [0, 0.05) is 32.1 Å². The summed E-state index contributed by atoms with van der Waals surface area (Å²) in [5, 5.41) is 0. The number of anilines is 2. The van der Waals surface area contributed by atoms with Crippen molar-refractivity contribution >= 4 is 38.8 Å². The van der Waals surface area contributed by atoms with Crippen molar-refractivity contribution in [2.45, 2.75) is 18.9 Å². The van der Waals surface area contributed by atoms with Crippen molar-refractivity contribution in [2.24, 2.45) is 0 Å². The highest BCUT2D eigenvalue weighted by Gasteiger charge is 2.35. The molecule has 2 saturated heterocycles. The van der Waals surface area contributed by atoms with E-state index in [1.54, 1.807) is 11.3 Å². The van der Waals surface area contributed by atoms with Crippen LogP contribution in [0.2, 0.25) is 0 Å². The summed E-state index contributed by atoms with van der Waals surface area (Å²) in [6.45, 7) is 2.53. The molecule has 0 radical (unpaired) electrons. The van der Waals surface area contributed by atoms with Crippen LogP contribution >= 0.6 is 11.3 Å². The molecule has 2 N–H and O–H groups in total. The van der Waals surface area contributed by atoms with Crippen molar-refractivity contribution in [2.75, 3.05) is 30.3 Å². The van der Waals surface area contributed by atoms with Crippen LogP contribution in [0.15, 0.2) is 17.6 Å². The van der Waals surface area contributed by atoms with Crippen molar-refractivity contribution in [1.29, 1.82) is 0 Å². The first kappa shape index (κ1) is 12.0. The van der Waals surface area contributed by atoms with Crippen LogP contribution < -0.4 is 10.6 Å². The number of piperazine rings is 1. The van der Waals surface area contributed by atoms with Gasteiger partial charge >= 0.3 is 0 Å². The highest BCUT2D eigenvalue weighted by molar-refractivity contribution is 7.16. The number of nitrogens with two attached hydrogens (primary N) is 1. The lowest BCUT2D eigenvalue weighted by atomic mass is 10.1. The largest absolute Gasteiger partial charge is 0.395 e. The highest BCUT2D eigenvalue weighted by atomic mass is 32.1. The van der Waals surface area contributed by atoms with Crippen LogP contribution in [0.5, 0.6) is 0 Å². The SMILES string of the molecule is Nc1c(N2CCN3C(=O)CCC3C2)ccc2scnc12. The van der Waals surface area contributed by atoms with Crippen molar-refractivity contribution < 1.29 is 4.79 Å². The normalized spacial score (nSPS) is 22.6. The van der Waals surface area contributed by atoms with Crippen molar-refractivity contribution in [1.82, 2.24) is 9.88 Å². The second kappa shape index (κ2) is 4.34. The molecule has 2 fully saturated rings. The van der Waals surface area contributed by atoms with E-state index in [0.717, 1.165) is 47.6 Å². The van der Waals surface area contributed by atoms with Gasteiger partial charge in [-0.05, 0) is 18.6 Å². The molecule has 0 aliphatic carbocycles. The Morgan fingerprint density at radius 3 is 3.15 bits per heavy atom. The number of carbonyl (C=O) groups is 1. The number of hydrogen-bond acceptors (Lipinski definition) is 5. The van der Waals surface area contributed by atoms with Crippen LogP contribution in [0.3, 0.4) is 0 Å². The number of hydrogen-bond donors (Lipinski definition) is 1. The van der Waals surface area contributed by atoms with E-state index in [2.05, 4.69) is 22.0 Å². The van der Waals surface area contributed by atoms with Crippen molar-refractivity contribution in [3.05, 3.63) is 17.6 Å². The molecule has 2 aromatic rings. The molecule has 3 heterocycles. The number of rotatable bonds is 1. The van der Waals surface area contributed by atoms with Crippen LogP contribution in [-0.2, 0) is 4.79 Å². The zero-order chi connectivity index (χ0) is 13.7. The summed E-state index contributed by atoms with van der Waals surface area (Å²) in [4.78, 5) is 20.4. The summed E-state index contributed by atoms with van der Waals surface area (Å²) in [5.41, 5.74) is 10.8. The molecule has 1 unspecified atom stereocenters. The van der Waals surface area contributed by atoms with Gasteiger partial charge in [-0.1, -0.05) is 0 Å². The molecule has 4 rings (SSSR count). The van der Waals surface area contributed by atoms with Gasteiger partial charge in [-0.2, -0.15) is 0 Å². The molecule has 5 nitrogen and oxygen atoms in total.